The molecule has 0 fully saturated rings. The molecule has 0 saturated heterocycles. The van der Waals surface area contributed by atoms with E-state index >= 15 is 0 Å². The van der Waals surface area contributed by atoms with Crippen molar-refractivity contribution < 1.29 is 9.13 Å². The number of allylic oxidation sites excluding steroid dienone is 1. The predicted molar refractivity (Wildman–Crippen MR) is 52.4 cm³/mol. The average Bonchev–Trinajstić information content (AvgIpc) is 2.17. The number of hydrogen-bond acceptors (Lipinski definition) is 2. The van der Waals surface area contributed by atoms with E-state index < -0.39 is 5.82 Å². The Morgan fingerprint density at radius 1 is 1.64 bits per heavy atom. The Morgan fingerprint density at radius 2 is 2.36 bits per heavy atom. The maximum absolute atomic E-state index is 13.3. The molecule has 1 aromatic rings. The molecule has 0 atom stereocenters. The van der Waals surface area contributed by atoms with Gasteiger partial charge in [-0.3, -0.25) is 0 Å². The van der Waals surface area contributed by atoms with Gasteiger partial charge in [-0.1, -0.05) is 17.7 Å². The number of ether oxygens (including phenoxy) is 1. The highest BCUT2D eigenvalue weighted by molar-refractivity contribution is 6.49. The molecule has 0 radical (unpaired) electrons. The molecule has 0 saturated carbocycles. The number of halogens is 2. The lowest BCUT2D eigenvalue weighted by Crippen LogP contribution is -1.92. The molecule has 0 aliphatic carbocycles. The van der Waals surface area contributed by atoms with Crippen molar-refractivity contribution in [2.24, 2.45) is 0 Å². The van der Waals surface area contributed by atoms with Crippen LogP contribution in [0.4, 0.5) is 4.39 Å². The zero-order chi connectivity index (χ0) is 10.6. The molecule has 0 unspecified atom stereocenters. The van der Waals surface area contributed by atoms with E-state index in [1.807, 2.05) is 0 Å². The molecule has 0 amide bonds. The minimum Gasteiger partial charge on any atom is -0.496 e. The average molecular weight is 212 g/mol. The van der Waals surface area contributed by atoms with E-state index in [0.29, 0.717) is 5.75 Å². The van der Waals surface area contributed by atoms with Gasteiger partial charge in [0.15, 0.2) is 0 Å². The Balaban J connectivity index is 3.32. The van der Waals surface area contributed by atoms with Crippen LogP contribution in [-0.4, -0.2) is 7.11 Å². The molecule has 0 heterocycles. The molecule has 1 rings (SSSR count). The van der Waals surface area contributed by atoms with Crippen molar-refractivity contribution in [2.75, 3.05) is 7.11 Å². The molecule has 0 aliphatic heterocycles. The fourth-order valence-corrected chi connectivity index (χ4v) is 1.27. The molecule has 72 valence electrons. The molecule has 4 heteroatoms. The topological polar surface area (TPSA) is 33.0 Å². The van der Waals surface area contributed by atoms with E-state index in [0.717, 1.165) is 6.08 Å². The standard InChI is InChI=1S/C10H7ClFNO/c1-14-9-4-2-3-8(12)10(9)7(11)5-6-13/h2-5H,1H3. The zero-order valence-corrected chi connectivity index (χ0v) is 8.18. The van der Waals surface area contributed by atoms with Gasteiger partial charge in [0.2, 0.25) is 0 Å². The van der Waals surface area contributed by atoms with Crippen LogP contribution in [0.2, 0.25) is 0 Å². The van der Waals surface area contributed by atoms with Gasteiger partial charge >= 0.3 is 0 Å². The highest BCUT2D eigenvalue weighted by Crippen LogP contribution is 2.30. The first-order chi connectivity index (χ1) is 6.70. The number of nitrogens with zero attached hydrogens (tertiary/aromatic N) is 1. The molecule has 0 spiro atoms. The summed E-state index contributed by atoms with van der Waals surface area (Å²) in [6.45, 7) is 0. The Morgan fingerprint density at radius 3 is 2.93 bits per heavy atom. The number of rotatable bonds is 2. The number of benzene rings is 1. The first-order valence-corrected chi connectivity index (χ1v) is 4.16. The molecule has 1 aromatic carbocycles. The lowest BCUT2D eigenvalue weighted by molar-refractivity contribution is 0.410. The van der Waals surface area contributed by atoms with Crippen LogP contribution >= 0.6 is 11.6 Å². The van der Waals surface area contributed by atoms with Crippen LogP contribution in [0.1, 0.15) is 5.56 Å². The van der Waals surface area contributed by atoms with Crippen LogP contribution in [-0.2, 0) is 0 Å². The number of methoxy groups -OCH3 is 1. The summed E-state index contributed by atoms with van der Waals surface area (Å²) in [5.41, 5.74) is 0.109. The summed E-state index contributed by atoms with van der Waals surface area (Å²) in [4.78, 5) is 0. The summed E-state index contributed by atoms with van der Waals surface area (Å²) in [7, 11) is 1.41. The van der Waals surface area contributed by atoms with Gasteiger partial charge in [-0.15, -0.1) is 0 Å². The normalized spacial score (nSPS) is 10.9. The van der Waals surface area contributed by atoms with Crippen molar-refractivity contribution in [1.82, 2.24) is 0 Å². The second-order valence-corrected chi connectivity index (χ2v) is 2.85. The Labute approximate surface area is 86.2 Å². The quantitative estimate of drug-likeness (QED) is 0.705. The van der Waals surface area contributed by atoms with Crippen LogP contribution in [0.5, 0.6) is 5.75 Å². The lowest BCUT2D eigenvalue weighted by Gasteiger charge is -2.07. The van der Waals surface area contributed by atoms with Crippen LogP contribution in [0.25, 0.3) is 5.03 Å². The monoisotopic (exact) mass is 211 g/mol. The SMILES string of the molecule is COc1cccc(F)c1C(Cl)=CC#N. The van der Waals surface area contributed by atoms with Crippen molar-refractivity contribution in [3.8, 4) is 11.8 Å². The highest BCUT2D eigenvalue weighted by Gasteiger charge is 2.11. The van der Waals surface area contributed by atoms with Crippen molar-refractivity contribution in [2.45, 2.75) is 0 Å². The largest absolute Gasteiger partial charge is 0.496 e. The predicted octanol–water partition coefficient (Wildman–Crippen LogP) is 2.94. The van der Waals surface area contributed by atoms with Gasteiger partial charge in [0.1, 0.15) is 11.6 Å². The van der Waals surface area contributed by atoms with Gasteiger partial charge in [0.05, 0.1) is 23.8 Å². The maximum atomic E-state index is 13.3. The molecule has 0 aliphatic rings. The molecule has 2 nitrogen and oxygen atoms in total. The second kappa shape index (κ2) is 4.64. The van der Waals surface area contributed by atoms with Crippen molar-refractivity contribution >= 4 is 16.6 Å². The maximum Gasteiger partial charge on any atom is 0.135 e. The Kier molecular flexibility index (Phi) is 3.49. The van der Waals surface area contributed by atoms with Crippen LogP contribution in [0, 0.1) is 17.1 Å². The van der Waals surface area contributed by atoms with E-state index in [1.165, 1.54) is 19.2 Å². The highest BCUT2D eigenvalue weighted by atomic mass is 35.5. The van der Waals surface area contributed by atoms with Gasteiger partial charge in [-0.05, 0) is 12.1 Å². The summed E-state index contributed by atoms with van der Waals surface area (Å²) >= 11 is 5.71. The smallest absolute Gasteiger partial charge is 0.135 e. The molecule has 14 heavy (non-hydrogen) atoms. The summed E-state index contributed by atoms with van der Waals surface area (Å²) in [6.07, 6.45) is 1.06. The number of hydrogen-bond donors (Lipinski definition) is 0. The van der Waals surface area contributed by atoms with Gasteiger partial charge in [-0.25, -0.2) is 4.39 Å². The Bertz CT molecular complexity index is 409. The minimum absolute atomic E-state index is 0.0300. The number of nitriles is 1. The van der Waals surface area contributed by atoms with E-state index in [4.69, 9.17) is 21.6 Å². The summed E-state index contributed by atoms with van der Waals surface area (Å²) < 4.78 is 18.2. The van der Waals surface area contributed by atoms with Crippen molar-refractivity contribution in [3.63, 3.8) is 0 Å². The first-order valence-electron chi connectivity index (χ1n) is 3.79. The molecule has 0 N–H and O–H groups in total. The summed E-state index contributed by atoms with van der Waals surface area (Å²) in [6, 6.07) is 6.07. The van der Waals surface area contributed by atoms with Gasteiger partial charge in [0, 0.05) is 6.08 Å². The molecule has 0 bridgehead atoms. The van der Waals surface area contributed by atoms with E-state index in [9.17, 15) is 4.39 Å². The van der Waals surface area contributed by atoms with E-state index in [2.05, 4.69) is 0 Å². The van der Waals surface area contributed by atoms with E-state index in [-0.39, 0.29) is 10.6 Å². The minimum atomic E-state index is -0.513. The first kappa shape index (κ1) is 10.6. The fourth-order valence-electron chi connectivity index (χ4n) is 1.04. The van der Waals surface area contributed by atoms with Crippen molar-refractivity contribution in [1.29, 1.82) is 5.26 Å². The molecule has 0 aromatic heterocycles. The Hall–Kier alpha value is -1.53. The third-order valence-corrected chi connectivity index (χ3v) is 1.92. The molecular formula is C10H7ClFNO. The van der Waals surface area contributed by atoms with E-state index in [1.54, 1.807) is 12.1 Å². The third-order valence-electron chi connectivity index (χ3n) is 1.63. The van der Waals surface area contributed by atoms with Gasteiger partial charge < -0.3 is 4.74 Å². The van der Waals surface area contributed by atoms with Crippen molar-refractivity contribution in [3.05, 3.63) is 35.7 Å². The van der Waals surface area contributed by atoms with Gasteiger partial charge in [-0.2, -0.15) is 5.26 Å². The second-order valence-electron chi connectivity index (χ2n) is 2.44. The third kappa shape index (κ3) is 2.04. The fraction of sp³-hybridized carbons (Fsp3) is 0.100. The summed E-state index contributed by atoms with van der Waals surface area (Å²) in [5.74, 6) is -0.206. The molecular weight excluding hydrogens is 205 g/mol. The zero-order valence-electron chi connectivity index (χ0n) is 7.42. The summed E-state index contributed by atoms with van der Waals surface area (Å²) in [5, 5.41) is 8.41. The van der Waals surface area contributed by atoms with Gasteiger partial charge in [0.25, 0.3) is 0 Å². The van der Waals surface area contributed by atoms with Crippen LogP contribution in [0.3, 0.4) is 0 Å². The lowest BCUT2D eigenvalue weighted by atomic mass is 10.1. The van der Waals surface area contributed by atoms with Crippen LogP contribution in [0.15, 0.2) is 24.3 Å². The van der Waals surface area contributed by atoms with Crippen LogP contribution < -0.4 is 4.74 Å².